The second-order valence-corrected chi connectivity index (χ2v) is 5.28. The molecule has 2 rings (SSSR count). The van der Waals surface area contributed by atoms with E-state index < -0.39 is 0 Å². The summed E-state index contributed by atoms with van der Waals surface area (Å²) in [6.07, 6.45) is 1.73. The van der Waals surface area contributed by atoms with E-state index in [1.54, 1.807) is 27.7 Å². The van der Waals surface area contributed by atoms with Crippen LogP contribution in [0.15, 0.2) is 15.6 Å². The maximum absolute atomic E-state index is 12.0. The molecule has 1 amide bonds. The average molecular weight is 304 g/mol. The Hall–Kier alpha value is -2.44. The third-order valence-electron chi connectivity index (χ3n) is 3.71. The Morgan fingerprint density at radius 1 is 1.27 bits per heavy atom. The molecule has 2 heterocycles. The number of amides is 1. The zero-order valence-electron chi connectivity index (χ0n) is 13.3. The molecule has 0 saturated carbocycles. The lowest BCUT2D eigenvalue weighted by atomic mass is 10.1. The van der Waals surface area contributed by atoms with E-state index in [1.807, 2.05) is 0 Å². The SMILES string of the molecule is Cc1noc(C)c1CC(=O)NCCn1cnc(C)c(C)c1=O. The number of carbonyl (C=O) groups is 1. The molecule has 0 unspecified atom stereocenters. The monoisotopic (exact) mass is 304 g/mol. The van der Waals surface area contributed by atoms with Gasteiger partial charge in [-0.1, -0.05) is 5.16 Å². The molecule has 0 aliphatic carbocycles. The van der Waals surface area contributed by atoms with Gasteiger partial charge in [0.05, 0.1) is 18.4 Å². The fourth-order valence-corrected chi connectivity index (χ4v) is 2.13. The molecular formula is C15H20N4O3. The second kappa shape index (κ2) is 6.55. The van der Waals surface area contributed by atoms with Crippen molar-refractivity contribution in [2.45, 2.75) is 40.7 Å². The van der Waals surface area contributed by atoms with Crippen LogP contribution in [-0.4, -0.2) is 27.2 Å². The number of rotatable bonds is 5. The molecule has 0 saturated heterocycles. The minimum Gasteiger partial charge on any atom is -0.361 e. The Morgan fingerprint density at radius 2 is 2.00 bits per heavy atom. The van der Waals surface area contributed by atoms with Crippen molar-refractivity contribution in [3.8, 4) is 0 Å². The molecule has 0 fully saturated rings. The van der Waals surface area contributed by atoms with Gasteiger partial charge in [0.2, 0.25) is 5.91 Å². The lowest BCUT2D eigenvalue weighted by Crippen LogP contribution is -2.32. The van der Waals surface area contributed by atoms with Crippen LogP contribution in [0.1, 0.15) is 28.3 Å². The smallest absolute Gasteiger partial charge is 0.256 e. The quantitative estimate of drug-likeness (QED) is 0.883. The van der Waals surface area contributed by atoms with Gasteiger partial charge >= 0.3 is 0 Å². The van der Waals surface area contributed by atoms with Crippen molar-refractivity contribution in [2.24, 2.45) is 0 Å². The normalized spacial score (nSPS) is 10.7. The van der Waals surface area contributed by atoms with E-state index in [2.05, 4.69) is 15.5 Å². The van der Waals surface area contributed by atoms with Crippen LogP contribution in [0.3, 0.4) is 0 Å². The van der Waals surface area contributed by atoms with Gasteiger partial charge in [0.1, 0.15) is 5.76 Å². The summed E-state index contributed by atoms with van der Waals surface area (Å²) < 4.78 is 6.52. The lowest BCUT2D eigenvalue weighted by Gasteiger charge is -2.09. The van der Waals surface area contributed by atoms with Gasteiger partial charge in [-0.25, -0.2) is 4.98 Å². The van der Waals surface area contributed by atoms with Crippen LogP contribution < -0.4 is 10.9 Å². The van der Waals surface area contributed by atoms with E-state index in [1.165, 1.54) is 10.9 Å². The molecule has 0 spiro atoms. The maximum atomic E-state index is 12.0. The predicted molar refractivity (Wildman–Crippen MR) is 80.7 cm³/mol. The van der Waals surface area contributed by atoms with Gasteiger partial charge < -0.3 is 9.84 Å². The van der Waals surface area contributed by atoms with E-state index in [9.17, 15) is 9.59 Å². The van der Waals surface area contributed by atoms with Crippen LogP contribution in [0.4, 0.5) is 0 Å². The molecule has 22 heavy (non-hydrogen) atoms. The van der Waals surface area contributed by atoms with Gasteiger partial charge in [-0.2, -0.15) is 0 Å². The third-order valence-corrected chi connectivity index (χ3v) is 3.71. The van der Waals surface area contributed by atoms with Crippen LogP contribution in [0.2, 0.25) is 0 Å². The average Bonchev–Trinajstić information content (AvgIpc) is 2.79. The molecule has 2 aromatic rings. The summed E-state index contributed by atoms with van der Waals surface area (Å²) in [5.74, 6) is 0.529. The molecule has 0 aromatic carbocycles. The van der Waals surface area contributed by atoms with Crippen molar-refractivity contribution in [1.29, 1.82) is 0 Å². The fourth-order valence-electron chi connectivity index (χ4n) is 2.13. The Balaban J connectivity index is 1.90. The lowest BCUT2D eigenvalue weighted by molar-refractivity contribution is -0.120. The van der Waals surface area contributed by atoms with E-state index in [-0.39, 0.29) is 17.9 Å². The van der Waals surface area contributed by atoms with Gasteiger partial charge in [0.15, 0.2) is 0 Å². The number of hydrogen-bond donors (Lipinski definition) is 1. The van der Waals surface area contributed by atoms with Crippen molar-refractivity contribution >= 4 is 5.91 Å². The second-order valence-electron chi connectivity index (χ2n) is 5.28. The number of carbonyl (C=O) groups excluding carboxylic acids is 1. The first-order chi connectivity index (χ1) is 10.4. The van der Waals surface area contributed by atoms with Crippen LogP contribution in [-0.2, 0) is 17.8 Å². The molecule has 7 nitrogen and oxygen atoms in total. The number of nitrogens with one attached hydrogen (secondary N) is 1. The molecule has 0 radical (unpaired) electrons. The summed E-state index contributed by atoms with van der Waals surface area (Å²) in [5.41, 5.74) is 2.81. The van der Waals surface area contributed by atoms with Crippen LogP contribution in [0.5, 0.6) is 0 Å². The van der Waals surface area contributed by atoms with Crippen LogP contribution in [0, 0.1) is 27.7 Å². The molecule has 0 aliphatic rings. The van der Waals surface area contributed by atoms with E-state index in [0.29, 0.717) is 24.4 Å². The highest BCUT2D eigenvalue weighted by Crippen LogP contribution is 2.12. The summed E-state index contributed by atoms with van der Waals surface area (Å²) in [6, 6.07) is 0. The Morgan fingerprint density at radius 3 is 2.64 bits per heavy atom. The van der Waals surface area contributed by atoms with Gasteiger partial charge in [-0.3, -0.25) is 14.2 Å². The standard InChI is InChI=1S/C15H20N4O3/c1-9-10(2)17-8-19(15(9)21)6-5-16-14(20)7-13-11(3)18-22-12(13)4/h8H,5-7H2,1-4H3,(H,16,20). The summed E-state index contributed by atoms with van der Waals surface area (Å²) in [4.78, 5) is 28.1. The molecule has 7 heteroatoms. The fraction of sp³-hybridized carbons (Fsp3) is 0.467. The van der Waals surface area contributed by atoms with Gasteiger partial charge in [0, 0.05) is 29.9 Å². The number of aromatic nitrogens is 3. The first-order valence-corrected chi connectivity index (χ1v) is 7.11. The Labute approximate surface area is 128 Å². The minimum absolute atomic E-state index is 0.0764. The van der Waals surface area contributed by atoms with Gasteiger partial charge in [-0.05, 0) is 27.7 Å². The topological polar surface area (TPSA) is 90.0 Å². The zero-order valence-corrected chi connectivity index (χ0v) is 13.3. The van der Waals surface area contributed by atoms with Crippen LogP contribution >= 0.6 is 0 Å². The van der Waals surface area contributed by atoms with Crippen molar-refractivity contribution < 1.29 is 9.32 Å². The first-order valence-electron chi connectivity index (χ1n) is 7.11. The highest BCUT2D eigenvalue weighted by Gasteiger charge is 2.13. The Kier molecular flexibility index (Phi) is 4.75. The molecule has 0 bridgehead atoms. The van der Waals surface area contributed by atoms with Gasteiger partial charge in [0.25, 0.3) is 5.56 Å². The molecule has 0 atom stereocenters. The molecule has 0 aliphatic heterocycles. The van der Waals surface area contributed by atoms with Crippen molar-refractivity contribution in [1.82, 2.24) is 20.0 Å². The highest BCUT2D eigenvalue weighted by molar-refractivity contribution is 5.78. The third kappa shape index (κ3) is 3.41. The van der Waals surface area contributed by atoms with Crippen LogP contribution in [0.25, 0.3) is 0 Å². The molecule has 1 N–H and O–H groups in total. The van der Waals surface area contributed by atoms with Crippen molar-refractivity contribution in [3.05, 3.63) is 45.0 Å². The number of aryl methyl sites for hydroxylation is 3. The summed E-state index contributed by atoms with van der Waals surface area (Å²) in [7, 11) is 0. The largest absolute Gasteiger partial charge is 0.361 e. The maximum Gasteiger partial charge on any atom is 0.256 e. The minimum atomic E-state index is -0.126. The predicted octanol–water partition coefficient (Wildman–Crippen LogP) is 0.824. The van der Waals surface area contributed by atoms with Crippen molar-refractivity contribution in [2.75, 3.05) is 6.54 Å². The number of hydrogen-bond acceptors (Lipinski definition) is 5. The van der Waals surface area contributed by atoms with Gasteiger partial charge in [-0.15, -0.1) is 0 Å². The summed E-state index contributed by atoms with van der Waals surface area (Å²) in [6.45, 7) is 7.89. The Bertz CT molecular complexity index is 726. The molecule has 118 valence electrons. The van der Waals surface area contributed by atoms with E-state index in [4.69, 9.17) is 4.52 Å². The molecular weight excluding hydrogens is 284 g/mol. The summed E-state index contributed by atoms with van der Waals surface area (Å²) in [5, 5.41) is 6.61. The highest BCUT2D eigenvalue weighted by atomic mass is 16.5. The number of nitrogens with zero attached hydrogens (tertiary/aromatic N) is 3. The summed E-state index contributed by atoms with van der Waals surface area (Å²) >= 11 is 0. The van der Waals surface area contributed by atoms with Crippen molar-refractivity contribution in [3.63, 3.8) is 0 Å². The van der Waals surface area contributed by atoms with E-state index >= 15 is 0 Å². The molecule has 2 aromatic heterocycles. The zero-order chi connectivity index (χ0) is 16.3. The first kappa shape index (κ1) is 15.9. The van der Waals surface area contributed by atoms with E-state index in [0.717, 1.165) is 17.0 Å².